The maximum Gasteiger partial charge on any atom is 0.269 e. The van der Waals surface area contributed by atoms with E-state index >= 15 is 0 Å². The SMILES string of the molecule is CCC(Oc1ccc(-c2cc(C)n(C)n2)cc1)C(=O)N1CC(=O)Cc2cccnc21. The molecule has 1 amide bonds. The summed E-state index contributed by atoms with van der Waals surface area (Å²) in [6.07, 6.45) is 1.72. The molecule has 0 aliphatic carbocycles. The first-order valence-corrected chi connectivity index (χ1v) is 10.0. The Morgan fingerprint density at radius 3 is 2.67 bits per heavy atom. The average molecular weight is 404 g/mol. The van der Waals surface area contributed by atoms with Crippen molar-refractivity contribution in [2.24, 2.45) is 7.05 Å². The molecule has 0 saturated carbocycles. The predicted octanol–water partition coefficient (Wildman–Crippen LogP) is 3.11. The highest BCUT2D eigenvalue weighted by Gasteiger charge is 2.32. The van der Waals surface area contributed by atoms with Crippen LogP contribution in [0.2, 0.25) is 0 Å². The molecule has 0 bridgehead atoms. The number of nitrogens with zero attached hydrogens (tertiary/aromatic N) is 4. The fraction of sp³-hybridized carbons (Fsp3) is 0.304. The lowest BCUT2D eigenvalue weighted by atomic mass is 10.0. The average Bonchev–Trinajstić information content (AvgIpc) is 3.09. The topological polar surface area (TPSA) is 77.3 Å². The van der Waals surface area contributed by atoms with Crippen molar-refractivity contribution >= 4 is 17.5 Å². The highest BCUT2D eigenvalue weighted by atomic mass is 16.5. The van der Waals surface area contributed by atoms with Crippen LogP contribution in [0.5, 0.6) is 5.75 Å². The summed E-state index contributed by atoms with van der Waals surface area (Å²) >= 11 is 0. The molecule has 0 saturated heterocycles. The van der Waals surface area contributed by atoms with Gasteiger partial charge in [-0.05, 0) is 49.7 Å². The van der Waals surface area contributed by atoms with Crippen LogP contribution in [-0.2, 0) is 23.1 Å². The molecule has 1 unspecified atom stereocenters. The summed E-state index contributed by atoms with van der Waals surface area (Å²) < 4.78 is 7.82. The number of ether oxygens (including phenoxy) is 1. The predicted molar refractivity (Wildman–Crippen MR) is 113 cm³/mol. The summed E-state index contributed by atoms with van der Waals surface area (Å²) in [6.45, 7) is 3.92. The van der Waals surface area contributed by atoms with Crippen molar-refractivity contribution < 1.29 is 14.3 Å². The molecule has 2 aromatic heterocycles. The molecule has 1 aromatic carbocycles. The van der Waals surface area contributed by atoms with Crippen LogP contribution in [0.15, 0.2) is 48.7 Å². The zero-order valence-corrected chi connectivity index (χ0v) is 17.3. The van der Waals surface area contributed by atoms with Gasteiger partial charge < -0.3 is 4.74 Å². The Balaban J connectivity index is 1.52. The number of hydrogen-bond donors (Lipinski definition) is 0. The van der Waals surface area contributed by atoms with E-state index in [2.05, 4.69) is 10.1 Å². The molecule has 30 heavy (non-hydrogen) atoms. The van der Waals surface area contributed by atoms with Gasteiger partial charge in [0, 0.05) is 36.5 Å². The Morgan fingerprint density at radius 1 is 1.23 bits per heavy atom. The normalized spacial score (nSPS) is 14.4. The molecule has 7 nitrogen and oxygen atoms in total. The molecule has 7 heteroatoms. The summed E-state index contributed by atoms with van der Waals surface area (Å²) in [7, 11) is 1.91. The van der Waals surface area contributed by atoms with Gasteiger partial charge in [-0.3, -0.25) is 19.2 Å². The molecular formula is C23H24N4O3. The first-order chi connectivity index (χ1) is 14.5. The third-order valence-electron chi connectivity index (χ3n) is 5.30. The van der Waals surface area contributed by atoms with E-state index in [0.29, 0.717) is 24.4 Å². The first kappa shape index (κ1) is 19.8. The molecule has 1 atom stereocenters. The van der Waals surface area contributed by atoms with E-state index < -0.39 is 6.10 Å². The van der Waals surface area contributed by atoms with Crippen LogP contribution < -0.4 is 9.64 Å². The fourth-order valence-electron chi connectivity index (χ4n) is 3.57. The van der Waals surface area contributed by atoms with Gasteiger partial charge in [-0.2, -0.15) is 5.10 Å². The number of rotatable bonds is 5. The van der Waals surface area contributed by atoms with Crippen molar-refractivity contribution in [1.29, 1.82) is 0 Å². The Labute approximate surface area is 175 Å². The second kappa shape index (κ2) is 8.10. The van der Waals surface area contributed by atoms with Crippen LogP contribution in [0, 0.1) is 6.92 Å². The summed E-state index contributed by atoms with van der Waals surface area (Å²) in [4.78, 5) is 31.1. The maximum absolute atomic E-state index is 13.2. The summed E-state index contributed by atoms with van der Waals surface area (Å²) in [5.41, 5.74) is 3.71. The third kappa shape index (κ3) is 3.83. The molecule has 0 N–H and O–H groups in total. The monoisotopic (exact) mass is 404 g/mol. The Kier molecular flexibility index (Phi) is 5.35. The van der Waals surface area contributed by atoms with Gasteiger partial charge in [0.05, 0.1) is 12.2 Å². The molecule has 154 valence electrons. The smallest absolute Gasteiger partial charge is 0.269 e. The highest BCUT2D eigenvalue weighted by Crippen LogP contribution is 2.26. The van der Waals surface area contributed by atoms with Crippen LogP contribution in [0.25, 0.3) is 11.3 Å². The number of carbonyl (C=O) groups excluding carboxylic acids is 2. The number of ketones is 1. The highest BCUT2D eigenvalue weighted by molar-refractivity contribution is 6.04. The zero-order chi connectivity index (χ0) is 21.3. The van der Waals surface area contributed by atoms with Crippen LogP contribution in [0.1, 0.15) is 24.6 Å². The molecule has 0 radical (unpaired) electrons. The van der Waals surface area contributed by atoms with Crippen molar-refractivity contribution in [3.05, 3.63) is 59.9 Å². The minimum atomic E-state index is -0.700. The first-order valence-electron chi connectivity index (χ1n) is 10.0. The van der Waals surface area contributed by atoms with Gasteiger partial charge in [-0.15, -0.1) is 0 Å². The van der Waals surface area contributed by atoms with Gasteiger partial charge in [0.15, 0.2) is 11.9 Å². The lowest BCUT2D eigenvalue weighted by Gasteiger charge is -2.30. The lowest BCUT2D eigenvalue weighted by Crippen LogP contribution is -2.47. The number of aromatic nitrogens is 3. The minimum absolute atomic E-state index is 0.00582. The number of fused-ring (bicyclic) bond motifs is 1. The summed E-state index contributed by atoms with van der Waals surface area (Å²) in [6, 6.07) is 13.2. The van der Waals surface area contributed by atoms with Crippen LogP contribution >= 0.6 is 0 Å². The van der Waals surface area contributed by atoms with Crippen molar-refractivity contribution in [3.8, 4) is 17.0 Å². The van der Waals surface area contributed by atoms with Crippen molar-refractivity contribution in [2.75, 3.05) is 11.4 Å². The van der Waals surface area contributed by atoms with Gasteiger partial charge in [-0.1, -0.05) is 13.0 Å². The summed E-state index contributed by atoms with van der Waals surface area (Å²) in [5.74, 6) is 0.879. The Hall–Kier alpha value is -3.48. The maximum atomic E-state index is 13.2. The van der Waals surface area contributed by atoms with E-state index in [9.17, 15) is 9.59 Å². The third-order valence-corrected chi connectivity index (χ3v) is 5.30. The van der Waals surface area contributed by atoms with E-state index in [4.69, 9.17) is 4.74 Å². The number of anilines is 1. The number of benzene rings is 1. The van der Waals surface area contributed by atoms with Crippen molar-refractivity contribution in [3.63, 3.8) is 0 Å². The summed E-state index contributed by atoms with van der Waals surface area (Å²) in [5, 5.41) is 4.48. The Morgan fingerprint density at radius 2 is 2.00 bits per heavy atom. The van der Waals surface area contributed by atoms with Gasteiger partial charge in [0.25, 0.3) is 5.91 Å². The van der Waals surface area contributed by atoms with Crippen molar-refractivity contribution in [1.82, 2.24) is 14.8 Å². The molecule has 0 spiro atoms. The minimum Gasteiger partial charge on any atom is -0.481 e. The van der Waals surface area contributed by atoms with E-state index in [1.54, 1.807) is 12.3 Å². The molecule has 3 aromatic rings. The number of Topliss-reactive ketones (excluding diaryl/α,β-unsaturated/α-hetero) is 1. The molecule has 1 aliphatic heterocycles. The standard InChI is InChI=1S/C23H24N4O3/c1-4-21(23(29)27-14-18(28)13-17-6-5-11-24-22(17)27)30-19-9-7-16(8-10-19)20-12-15(2)26(3)25-20/h5-12,21H,4,13-14H2,1-3H3. The van der Waals surface area contributed by atoms with Gasteiger partial charge >= 0.3 is 0 Å². The Bertz CT molecular complexity index is 1070. The van der Waals surface area contributed by atoms with E-state index in [-0.39, 0.29) is 18.2 Å². The molecular weight excluding hydrogens is 380 g/mol. The van der Waals surface area contributed by atoms with Crippen LogP contribution in [0.4, 0.5) is 5.82 Å². The number of carbonyl (C=O) groups is 2. The molecule has 0 fully saturated rings. The number of hydrogen-bond acceptors (Lipinski definition) is 5. The largest absolute Gasteiger partial charge is 0.481 e. The van der Waals surface area contributed by atoms with Gasteiger partial charge in [0.2, 0.25) is 0 Å². The van der Waals surface area contributed by atoms with E-state index in [1.165, 1.54) is 4.90 Å². The number of aryl methyl sites for hydroxylation is 2. The molecule has 1 aliphatic rings. The van der Waals surface area contributed by atoms with E-state index in [0.717, 1.165) is 22.5 Å². The molecule has 3 heterocycles. The lowest BCUT2D eigenvalue weighted by molar-refractivity contribution is -0.127. The second-order valence-corrected chi connectivity index (χ2v) is 7.46. The second-order valence-electron chi connectivity index (χ2n) is 7.46. The molecule has 4 rings (SSSR count). The van der Waals surface area contributed by atoms with Crippen LogP contribution in [0.3, 0.4) is 0 Å². The quantitative estimate of drug-likeness (QED) is 0.653. The van der Waals surface area contributed by atoms with E-state index in [1.807, 2.05) is 62.0 Å². The zero-order valence-electron chi connectivity index (χ0n) is 17.3. The fourth-order valence-corrected chi connectivity index (χ4v) is 3.57. The number of amides is 1. The van der Waals surface area contributed by atoms with Crippen molar-refractivity contribution in [2.45, 2.75) is 32.8 Å². The van der Waals surface area contributed by atoms with Gasteiger partial charge in [0.1, 0.15) is 11.6 Å². The van der Waals surface area contributed by atoms with Gasteiger partial charge in [-0.25, -0.2) is 4.98 Å². The van der Waals surface area contributed by atoms with Crippen LogP contribution in [-0.4, -0.2) is 39.1 Å². The number of pyridine rings is 1.